The highest BCUT2D eigenvalue weighted by molar-refractivity contribution is 7.80. The molecule has 0 heterocycles. The van der Waals surface area contributed by atoms with E-state index in [1.807, 2.05) is 0 Å². The largest absolute Gasteiger partial charge is 0.481 e. The second-order valence-electron chi connectivity index (χ2n) is 5.63. The number of amides is 2. The van der Waals surface area contributed by atoms with Gasteiger partial charge in [-0.15, -0.1) is 0 Å². The predicted molar refractivity (Wildman–Crippen MR) is 100 cm³/mol. The zero-order valence-corrected chi connectivity index (χ0v) is 15.5. The molecule has 0 rings (SSSR count). The van der Waals surface area contributed by atoms with Crippen molar-refractivity contribution in [3.8, 4) is 0 Å². The fourth-order valence-electron chi connectivity index (χ4n) is 1.93. The summed E-state index contributed by atoms with van der Waals surface area (Å²) in [4.78, 5) is 49.9. The van der Waals surface area contributed by atoms with E-state index >= 15 is 0 Å². The molecule has 0 saturated heterocycles. The molecule has 0 aromatic heterocycles. The quantitative estimate of drug-likeness (QED) is 0.0684. The van der Waals surface area contributed by atoms with Gasteiger partial charge in [0.15, 0.2) is 5.96 Å². The van der Waals surface area contributed by atoms with Crippen molar-refractivity contribution in [3.05, 3.63) is 0 Å². The average Bonchev–Trinajstić information content (AvgIpc) is 2.59. The van der Waals surface area contributed by atoms with E-state index in [-0.39, 0.29) is 31.1 Å². The van der Waals surface area contributed by atoms with Crippen LogP contribution >= 0.6 is 12.6 Å². The number of nitrogens with one attached hydrogen (secondary N) is 2. The van der Waals surface area contributed by atoms with E-state index in [1.54, 1.807) is 0 Å². The molecule has 0 aromatic rings. The first kappa shape index (κ1) is 24.5. The standard InChI is InChI=1S/C14H26N6O6S/c15-7(6-27)11(23)19-8(2-1-5-18-14(16)17)12(24)20-9(13(25)26)3-4-10(21)22/h7-9,27H,1-6,15H2,(H,19,23)(H,20,24)(H,21,22)(H,25,26)(H4,16,17,18)/t7-,8-,9-/m0/s1. The van der Waals surface area contributed by atoms with Gasteiger partial charge in [-0.1, -0.05) is 0 Å². The van der Waals surface area contributed by atoms with E-state index in [0.29, 0.717) is 6.42 Å². The SMILES string of the molecule is NC(N)=NCCC[C@H](NC(=O)[C@@H](N)CS)C(=O)N[C@@H](CCC(=O)O)C(=O)O. The molecule has 0 unspecified atom stereocenters. The van der Waals surface area contributed by atoms with Crippen LogP contribution in [0.4, 0.5) is 0 Å². The Balaban J connectivity index is 5.04. The van der Waals surface area contributed by atoms with E-state index in [0.717, 1.165) is 0 Å². The molecule has 0 aliphatic heterocycles. The highest BCUT2D eigenvalue weighted by atomic mass is 32.1. The van der Waals surface area contributed by atoms with E-state index < -0.39 is 48.3 Å². The van der Waals surface area contributed by atoms with Crippen LogP contribution in [0.15, 0.2) is 4.99 Å². The van der Waals surface area contributed by atoms with Crippen molar-refractivity contribution in [2.45, 2.75) is 43.8 Å². The molecule has 0 spiro atoms. The Bertz CT molecular complexity index is 568. The molecule has 0 aromatic carbocycles. The number of nitrogens with two attached hydrogens (primary N) is 3. The lowest BCUT2D eigenvalue weighted by molar-refractivity contribution is -0.143. The first-order valence-corrected chi connectivity index (χ1v) is 8.68. The maximum absolute atomic E-state index is 12.4. The Morgan fingerprint density at radius 1 is 1.00 bits per heavy atom. The van der Waals surface area contributed by atoms with Crippen LogP contribution in [0, 0.1) is 0 Å². The molecule has 12 nitrogen and oxygen atoms in total. The van der Waals surface area contributed by atoms with Crippen molar-refractivity contribution >= 4 is 42.3 Å². The van der Waals surface area contributed by atoms with Crippen molar-refractivity contribution < 1.29 is 29.4 Å². The molecule has 0 aliphatic carbocycles. The van der Waals surface area contributed by atoms with Crippen LogP contribution in [0.1, 0.15) is 25.7 Å². The van der Waals surface area contributed by atoms with Gasteiger partial charge in [-0.05, 0) is 19.3 Å². The van der Waals surface area contributed by atoms with Crippen molar-refractivity contribution in [3.63, 3.8) is 0 Å². The highest BCUT2D eigenvalue weighted by Gasteiger charge is 2.27. The Morgan fingerprint density at radius 3 is 2.07 bits per heavy atom. The van der Waals surface area contributed by atoms with Gasteiger partial charge in [-0.3, -0.25) is 19.4 Å². The van der Waals surface area contributed by atoms with E-state index in [9.17, 15) is 19.2 Å². The number of hydrogen-bond acceptors (Lipinski definition) is 7. The van der Waals surface area contributed by atoms with Crippen LogP contribution in [0.2, 0.25) is 0 Å². The summed E-state index contributed by atoms with van der Waals surface area (Å²) in [6.07, 6.45) is -0.317. The zero-order chi connectivity index (χ0) is 21.0. The van der Waals surface area contributed by atoms with Gasteiger partial charge in [-0.25, -0.2) is 4.79 Å². The number of carboxylic acid groups (broad SMARTS) is 2. The Labute approximate surface area is 161 Å². The second-order valence-corrected chi connectivity index (χ2v) is 6.00. The van der Waals surface area contributed by atoms with Gasteiger partial charge >= 0.3 is 11.9 Å². The Kier molecular flexibility index (Phi) is 11.6. The summed E-state index contributed by atoms with van der Waals surface area (Å²) in [6, 6.07) is -3.46. The molecule has 0 saturated carbocycles. The zero-order valence-electron chi connectivity index (χ0n) is 14.6. The third-order valence-electron chi connectivity index (χ3n) is 3.37. The predicted octanol–water partition coefficient (Wildman–Crippen LogP) is -2.78. The van der Waals surface area contributed by atoms with Crippen LogP contribution in [-0.4, -0.2) is 70.3 Å². The smallest absolute Gasteiger partial charge is 0.326 e. The number of guanidine groups is 1. The van der Waals surface area contributed by atoms with Crippen molar-refractivity contribution in [2.24, 2.45) is 22.2 Å². The molecule has 0 fully saturated rings. The summed E-state index contributed by atoms with van der Waals surface area (Å²) in [5.41, 5.74) is 16.0. The third kappa shape index (κ3) is 10.9. The fourth-order valence-corrected chi connectivity index (χ4v) is 2.10. The van der Waals surface area contributed by atoms with Gasteiger partial charge in [0.25, 0.3) is 0 Å². The third-order valence-corrected chi connectivity index (χ3v) is 3.77. The van der Waals surface area contributed by atoms with Crippen LogP contribution in [-0.2, 0) is 19.2 Å². The van der Waals surface area contributed by atoms with Crippen molar-refractivity contribution in [1.29, 1.82) is 0 Å². The van der Waals surface area contributed by atoms with Gasteiger partial charge in [0.1, 0.15) is 12.1 Å². The summed E-state index contributed by atoms with van der Waals surface area (Å²) < 4.78 is 0. The average molecular weight is 406 g/mol. The number of aliphatic carboxylic acids is 2. The number of hydrogen-bond donors (Lipinski definition) is 8. The van der Waals surface area contributed by atoms with Crippen LogP contribution < -0.4 is 27.8 Å². The van der Waals surface area contributed by atoms with Gasteiger partial charge in [0.2, 0.25) is 11.8 Å². The molecule has 154 valence electrons. The van der Waals surface area contributed by atoms with E-state index in [1.165, 1.54) is 0 Å². The van der Waals surface area contributed by atoms with Gasteiger partial charge in [0.05, 0.1) is 6.04 Å². The first-order chi connectivity index (χ1) is 12.6. The molecular weight excluding hydrogens is 380 g/mol. The number of rotatable bonds is 13. The van der Waals surface area contributed by atoms with Gasteiger partial charge in [-0.2, -0.15) is 12.6 Å². The number of carbonyl (C=O) groups excluding carboxylic acids is 2. The minimum Gasteiger partial charge on any atom is -0.481 e. The molecule has 3 atom stereocenters. The van der Waals surface area contributed by atoms with Gasteiger partial charge < -0.3 is 38.0 Å². The fraction of sp³-hybridized carbons (Fsp3) is 0.643. The van der Waals surface area contributed by atoms with E-state index in [2.05, 4.69) is 28.3 Å². The number of carboxylic acids is 2. The van der Waals surface area contributed by atoms with Crippen molar-refractivity contribution in [1.82, 2.24) is 10.6 Å². The summed E-state index contributed by atoms with van der Waals surface area (Å²) >= 11 is 3.90. The summed E-state index contributed by atoms with van der Waals surface area (Å²) in [7, 11) is 0. The van der Waals surface area contributed by atoms with E-state index in [4.69, 9.17) is 27.4 Å². The Hall–Kier alpha value is -2.54. The maximum atomic E-state index is 12.4. The monoisotopic (exact) mass is 406 g/mol. The molecular formula is C14H26N6O6S. The molecule has 10 N–H and O–H groups in total. The molecule has 0 radical (unpaired) electrons. The highest BCUT2D eigenvalue weighted by Crippen LogP contribution is 2.04. The minimum absolute atomic E-state index is 0.0462. The summed E-state index contributed by atoms with van der Waals surface area (Å²) in [6.45, 7) is 0.196. The van der Waals surface area contributed by atoms with Gasteiger partial charge in [0, 0.05) is 18.7 Å². The topological polar surface area (TPSA) is 223 Å². The number of thiol groups is 1. The lowest BCUT2D eigenvalue weighted by Gasteiger charge is -2.22. The van der Waals surface area contributed by atoms with Crippen LogP contribution in [0.5, 0.6) is 0 Å². The van der Waals surface area contributed by atoms with Crippen LogP contribution in [0.3, 0.4) is 0 Å². The second kappa shape index (κ2) is 12.8. The molecule has 2 amide bonds. The minimum atomic E-state index is -1.41. The first-order valence-electron chi connectivity index (χ1n) is 8.05. The molecule has 27 heavy (non-hydrogen) atoms. The number of nitrogens with zero attached hydrogens (tertiary/aromatic N) is 1. The number of carbonyl (C=O) groups is 4. The lowest BCUT2D eigenvalue weighted by Crippen LogP contribution is -2.54. The molecule has 0 aliphatic rings. The summed E-state index contributed by atoms with van der Waals surface area (Å²) in [5, 5.41) is 22.4. The molecule has 13 heteroatoms. The maximum Gasteiger partial charge on any atom is 0.326 e. The Morgan fingerprint density at radius 2 is 1.59 bits per heavy atom. The molecule has 0 bridgehead atoms. The summed E-state index contributed by atoms with van der Waals surface area (Å²) in [5.74, 6) is -4.08. The lowest BCUT2D eigenvalue weighted by atomic mass is 10.1. The number of aliphatic imine (C=N–C) groups is 1. The van der Waals surface area contributed by atoms with Crippen LogP contribution in [0.25, 0.3) is 0 Å². The van der Waals surface area contributed by atoms with Crippen molar-refractivity contribution in [2.75, 3.05) is 12.3 Å². The normalized spacial score (nSPS) is 13.7.